The summed E-state index contributed by atoms with van der Waals surface area (Å²) in [6.45, 7) is 0. The van der Waals surface area contributed by atoms with E-state index in [1.165, 1.54) is 4.90 Å². The highest BCUT2D eigenvalue weighted by Crippen LogP contribution is 2.26. The molecule has 1 heterocycles. The molecule has 1 aliphatic rings. The molecule has 0 unspecified atom stereocenters. The van der Waals surface area contributed by atoms with Crippen molar-refractivity contribution in [3.8, 4) is 5.75 Å². The van der Waals surface area contributed by atoms with Crippen molar-refractivity contribution in [1.82, 2.24) is 0 Å². The molecule has 5 nitrogen and oxygen atoms in total. The number of nitrogens with one attached hydrogen (secondary N) is 1. The van der Waals surface area contributed by atoms with Gasteiger partial charge in [-0.25, -0.2) is 4.90 Å². The monoisotopic (exact) mass is 296 g/mol. The molecule has 1 aliphatic heterocycles. The van der Waals surface area contributed by atoms with Gasteiger partial charge in [-0.15, -0.1) is 0 Å². The standard InChI is InChI=1S/C17H16N2O3/c1-22-14-9-7-13(8-10-14)19-16(20)11-15(17(19)21)18-12-5-3-2-4-6-12/h2-10,15,18H,11H2,1H3/t15-/m0/s1. The van der Waals surface area contributed by atoms with Crippen LogP contribution in [0.1, 0.15) is 6.42 Å². The van der Waals surface area contributed by atoms with E-state index in [4.69, 9.17) is 4.74 Å². The van der Waals surface area contributed by atoms with Crippen LogP contribution in [-0.2, 0) is 9.59 Å². The highest BCUT2D eigenvalue weighted by molar-refractivity contribution is 6.23. The van der Waals surface area contributed by atoms with Crippen LogP contribution >= 0.6 is 0 Å². The lowest BCUT2D eigenvalue weighted by molar-refractivity contribution is -0.121. The average Bonchev–Trinajstić information content (AvgIpc) is 2.82. The van der Waals surface area contributed by atoms with Gasteiger partial charge in [0.15, 0.2) is 0 Å². The SMILES string of the molecule is COc1ccc(N2C(=O)C[C@H](Nc3ccccc3)C2=O)cc1. The van der Waals surface area contributed by atoms with Crippen LogP contribution in [0, 0.1) is 0 Å². The highest BCUT2D eigenvalue weighted by Gasteiger charge is 2.39. The molecule has 3 rings (SSSR count). The molecule has 22 heavy (non-hydrogen) atoms. The summed E-state index contributed by atoms with van der Waals surface area (Å²) in [5.41, 5.74) is 1.39. The Morgan fingerprint density at radius 3 is 2.36 bits per heavy atom. The molecule has 0 bridgehead atoms. The Hall–Kier alpha value is -2.82. The van der Waals surface area contributed by atoms with E-state index in [0.29, 0.717) is 11.4 Å². The van der Waals surface area contributed by atoms with Crippen LogP contribution in [0.25, 0.3) is 0 Å². The quantitative estimate of drug-likeness (QED) is 0.880. The molecule has 1 N–H and O–H groups in total. The van der Waals surface area contributed by atoms with Gasteiger partial charge in [-0.1, -0.05) is 18.2 Å². The Morgan fingerprint density at radius 2 is 1.73 bits per heavy atom. The normalized spacial score (nSPS) is 17.7. The van der Waals surface area contributed by atoms with E-state index < -0.39 is 6.04 Å². The maximum Gasteiger partial charge on any atom is 0.256 e. The molecule has 0 saturated carbocycles. The number of carbonyl (C=O) groups is 2. The van der Waals surface area contributed by atoms with Gasteiger partial charge in [-0.2, -0.15) is 0 Å². The predicted molar refractivity (Wildman–Crippen MR) is 84.0 cm³/mol. The molecule has 2 aromatic carbocycles. The third-order valence-corrected chi connectivity index (χ3v) is 3.59. The molecule has 1 saturated heterocycles. The second-order valence-corrected chi connectivity index (χ2v) is 5.03. The van der Waals surface area contributed by atoms with Gasteiger partial charge < -0.3 is 10.1 Å². The molecule has 2 aromatic rings. The van der Waals surface area contributed by atoms with E-state index in [9.17, 15) is 9.59 Å². The van der Waals surface area contributed by atoms with Gasteiger partial charge in [-0.3, -0.25) is 9.59 Å². The molecule has 0 radical (unpaired) electrons. The Labute approximate surface area is 128 Å². The van der Waals surface area contributed by atoms with Gasteiger partial charge >= 0.3 is 0 Å². The number of imide groups is 1. The summed E-state index contributed by atoms with van der Waals surface area (Å²) >= 11 is 0. The molecule has 1 fully saturated rings. The molecule has 0 spiro atoms. The number of rotatable bonds is 4. The van der Waals surface area contributed by atoms with Crippen molar-refractivity contribution >= 4 is 23.2 Å². The summed E-state index contributed by atoms with van der Waals surface area (Å²) < 4.78 is 5.08. The van der Waals surface area contributed by atoms with Crippen LogP contribution in [-0.4, -0.2) is 25.0 Å². The van der Waals surface area contributed by atoms with Crippen LogP contribution in [0.4, 0.5) is 11.4 Å². The van der Waals surface area contributed by atoms with Crippen LogP contribution < -0.4 is 15.0 Å². The van der Waals surface area contributed by atoms with Crippen molar-refractivity contribution < 1.29 is 14.3 Å². The molecule has 0 aliphatic carbocycles. The Bertz CT molecular complexity index is 683. The minimum atomic E-state index is -0.531. The van der Waals surface area contributed by atoms with E-state index in [0.717, 1.165) is 5.69 Å². The van der Waals surface area contributed by atoms with Crippen molar-refractivity contribution in [2.45, 2.75) is 12.5 Å². The number of para-hydroxylation sites is 1. The molecular weight excluding hydrogens is 280 g/mol. The van der Waals surface area contributed by atoms with Gasteiger partial charge in [0.2, 0.25) is 5.91 Å². The first-order chi connectivity index (χ1) is 10.7. The van der Waals surface area contributed by atoms with Crippen molar-refractivity contribution in [2.24, 2.45) is 0 Å². The first kappa shape index (κ1) is 14.1. The summed E-state index contributed by atoms with van der Waals surface area (Å²) in [7, 11) is 1.57. The molecule has 1 atom stereocenters. The topological polar surface area (TPSA) is 58.6 Å². The molecule has 5 heteroatoms. The number of anilines is 2. The van der Waals surface area contributed by atoms with Crippen molar-refractivity contribution in [1.29, 1.82) is 0 Å². The second-order valence-electron chi connectivity index (χ2n) is 5.03. The summed E-state index contributed by atoms with van der Waals surface area (Å²) in [6.07, 6.45) is 0.153. The Morgan fingerprint density at radius 1 is 1.05 bits per heavy atom. The molecule has 0 aromatic heterocycles. The predicted octanol–water partition coefficient (Wildman–Crippen LogP) is 2.44. The fourth-order valence-electron chi connectivity index (χ4n) is 2.48. The van der Waals surface area contributed by atoms with Gasteiger partial charge in [-0.05, 0) is 36.4 Å². The zero-order chi connectivity index (χ0) is 15.5. The largest absolute Gasteiger partial charge is 0.497 e. The fraction of sp³-hybridized carbons (Fsp3) is 0.176. The fourth-order valence-corrected chi connectivity index (χ4v) is 2.48. The number of carbonyl (C=O) groups excluding carboxylic acids is 2. The maximum atomic E-state index is 12.5. The first-order valence-corrected chi connectivity index (χ1v) is 7.01. The maximum absolute atomic E-state index is 12.5. The van der Waals surface area contributed by atoms with Gasteiger partial charge in [0.25, 0.3) is 5.91 Å². The second kappa shape index (κ2) is 5.89. The van der Waals surface area contributed by atoms with E-state index in [1.807, 2.05) is 30.3 Å². The molecule has 112 valence electrons. The lowest BCUT2D eigenvalue weighted by atomic mass is 10.2. The van der Waals surface area contributed by atoms with E-state index in [1.54, 1.807) is 31.4 Å². The zero-order valence-electron chi connectivity index (χ0n) is 12.2. The Kier molecular flexibility index (Phi) is 3.78. The van der Waals surface area contributed by atoms with E-state index >= 15 is 0 Å². The van der Waals surface area contributed by atoms with Crippen LogP contribution in [0.15, 0.2) is 54.6 Å². The van der Waals surface area contributed by atoms with E-state index in [2.05, 4.69) is 5.32 Å². The number of nitrogens with zero attached hydrogens (tertiary/aromatic N) is 1. The summed E-state index contributed by atoms with van der Waals surface area (Å²) in [5, 5.41) is 3.11. The Balaban J connectivity index is 1.79. The van der Waals surface area contributed by atoms with Crippen LogP contribution in [0.5, 0.6) is 5.75 Å². The number of hydrogen-bond donors (Lipinski definition) is 1. The van der Waals surface area contributed by atoms with Crippen molar-refractivity contribution in [3.05, 3.63) is 54.6 Å². The van der Waals surface area contributed by atoms with Crippen LogP contribution in [0.3, 0.4) is 0 Å². The lowest BCUT2D eigenvalue weighted by Crippen LogP contribution is -2.34. The van der Waals surface area contributed by atoms with Crippen molar-refractivity contribution in [3.63, 3.8) is 0 Å². The summed E-state index contributed by atoms with van der Waals surface area (Å²) in [4.78, 5) is 25.9. The minimum absolute atomic E-state index is 0.153. The van der Waals surface area contributed by atoms with Gasteiger partial charge in [0, 0.05) is 5.69 Å². The number of benzene rings is 2. The highest BCUT2D eigenvalue weighted by atomic mass is 16.5. The first-order valence-electron chi connectivity index (χ1n) is 7.01. The van der Waals surface area contributed by atoms with Gasteiger partial charge in [0.05, 0.1) is 19.2 Å². The minimum Gasteiger partial charge on any atom is -0.497 e. The zero-order valence-corrected chi connectivity index (χ0v) is 12.2. The third kappa shape index (κ3) is 2.65. The van der Waals surface area contributed by atoms with E-state index in [-0.39, 0.29) is 18.2 Å². The number of hydrogen-bond acceptors (Lipinski definition) is 4. The third-order valence-electron chi connectivity index (χ3n) is 3.59. The number of ether oxygens (including phenoxy) is 1. The van der Waals surface area contributed by atoms with Crippen LogP contribution in [0.2, 0.25) is 0 Å². The molecular formula is C17H16N2O3. The van der Waals surface area contributed by atoms with Gasteiger partial charge in [0.1, 0.15) is 11.8 Å². The summed E-state index contributed by atoms with van der Waals surface area (Å²) in [5.74, 6) is 0.240. The number of amides is 2. The summed E-state index contributed by atoms with van der Waals surface area (Å²) in [6, 6.07) is 15.7. The van der Waals surface area contributed by atoms with Crippen molar-refractivity contribution in [2.75, 3.05) is 17.3 Å². The lowest BCUT2D eigenvalue weighted by Gasteiger charge is -2.16. The molecule has 2 amide bonds. The average molecular weight is 296 g/mol. The number of methoxy groups -OCH3 is 1. The smallest absolute Gasteiger partial charge is 0.256 e.